The first-order chi connectivity index (χ1) is 13.7. The maximum Gasteiger partial charge on any atom is 0.193 e. The molecule has 0 bridgehead atoms. The van der Waals surface area contributed by atoms with E-state index in [1.165, 1.54) is 24.8 Å². The SMILES string of the molecule is CN=C(NCc1ccc(N2CCN(C)CC2)nc1)N(C)CCC1CCOCC1.I. The molecule has 0 unspecified atom stereocenters. The summed E-state index contributed by atoms with van der Waals surface area (Å²) in [7, 11) is 6.14. The molecule has 0 aromatic carbocycles. The van der Waals surface area contributed by atoms with Crippen molar-refractivity contribution in [2.75, 3.05) is 72.0 Å². The van der Waals surface area contributed by atoms with E-state index in [0.29, 0.717) is 0 Å². The average molecular weight is 516 g/mol. The van der Waals surface area contributed by atoms with Gasteiger partial charge in [-0.3, -0.25) is 4.99 Å². The molecular formula is C21H37IN6O. The molecule has 1 aromatic heterocycles. The Morgan fingerprint density at radius 3 is 2.59 bits per heavy atom. The Bertz CT molecular complexity index is 612. The third-order valence-electron chi connectivity index (χ3n) is 5.87. The number of aliphatic imine (C=N–C) groups is 1. The predicted molar refractivity (Wildman–Crippen MR) is 130 cm³/mol. The number of guanidine groups is 1. The van der Waals surface area contributed by atoms with E-state index in [1.54, 1.807) is 0 Å². The van der Waals surface area contributed by atoms with Crippen LogP contribution in [-0.2, 0) is 11.3 Å². The summed E-state index contributed by atoms with van der Waals surface area (Å²) in [4.78, 5) is 16.1. The highest BCUT2D eigenvalue weighted by Gasteiger charge is 2.16. The van der Waals surface area contributed by atoms with Crippen molar-refractivity contribution in [1.82, 2.24) is 20.1 Å². The first kappa shape index (κ1) is 24.1. The number of ether oxygens (including phenoxy) is 1. The third kappa shape index (κ3) is 7.57. The lowest BCUT2D eigenvalue weighted by molar-refractivity contribution is 0.0625. The molecule has 164 valence electrons. The topological polar surface area (TPSA) is 56.2 Å². The van der Waals surface area contributed by atoms with Crippen molar-refractivity contribution in [3.05, 3.63) is 23.9 Å². The van der Waals surface area contributed by atoms with Crippen molar-refractivity contribution < 1.29 is 4.74 Å². The summed E-state index contributed by atoms with van der Waals surface area (Å²) in [6.45, 7) is 7.88. The van der Waals surface area contributed by atoms with E-state index < -0.39 is 0 Å². The fraction of sp³-hybridized carbons (Fsp3) is 0.714. The highest BCUT2D eigenvalue weighted by Crippen LogP contribution is 2.18. The molecule has 0 radical (unpaired) electrons. The van der Waals surface area contributed by atoms with Crippen LogP contribution < -0.4 is 10.2 Å². The number of anilines is 1. The maximum atomic E-state index is 5.45. The highest BCUT2D eigenvalue weighted by atomic mass is 127. The largest absolute Gasteiger partial charge is 0.381 e. The quantitative estimate of drug-likeness (QED) is 0.356. The van der Waals surface area contributed by atoms with Crippen molar-refractivity contribution in [2.24, 2.45) is 10.9 Å². The number of halogens is 1. The van der Waals surface area contributed by atoms with Gasteiger partial charge in [-0.1, -0.05) is 6.07 Å². The lowest BCUT2D eigenvalue weighted by Crippen LogP contribution is -2.44. The molecular weight excluding hydrogens is 479 g/mol. The van der Waals surface area contributed by atoms with Gasteiger partial charge in [-0.05, 0) is 43.9 Å². The molecule has 2 aliphatic rings. The van der Waals surface area contributed by atoms with Gasteiger partial charge in [0.25, 0.3) is 0 Å². The molecule has 29 heavy (non-hydrogen) atoms. The van der Waals surface area contributed by atoms with Crippen LogP contribution >= 0.6 is 24.0 Å². The van der Waals surface area contributed by atoms with Gasteiger partial charge in [0.15, 0.2) is 5.96 Å². The number of hydrogen-bond acceptors (Lipinski definition) is 5. The van der Waals surface area contributed by atoms with Gasteiger partial charge in [-0.25, -0.2) is 4.98 Å². The van der Waals surface area contributed by atoms with Crippen LogP contribution in [0.1, 0.15) is 24.8 Å². The number of nitrogens with zero attached hydrogens (tertiary/aromatic N) is 5. The summed E-state index contributed by atoms with van der Waals surface area (Å²) in [5.74, 6) is 2.80. The van der Waals surface area contributed by atoms with Crippen molar-refractivity contribution in [1.29, 1.82) is 0 Å². The van der Waals surface area contributed by atoms with E-state index in [2.05, 4.69) is 56.2 Å². The van der Waals surface area contributed by atoms with Gasteiger partial charge in [0.2, 0.25) is 0 Å². The number of aromatic nitrogens is 1. The fourth-order valence-corrected chi connectivity index (χ4v) is 3.83. The summed E-state index contributed by atoms with van der Waals surface area (Å²) in [5, 5.41) is 3.47. The van der Waals surface area contributed by atoms with Crippen LogP contribution in [0.15, 0.2) is 23.3 Å². The summed E-state index contributed by atoms with van der Waals surface area (Å²) in [6.07, 6.45) is 5.55. The number of rotatable bonds is 6. The molecule has 7 nitrogen and oxygen atoms in total. The lowest BCUT2D eigenvalue weighted by atomic mass is 9.96. The molecule has 2 aliphatic heterocycles. The van der Waals surface area contributed by atoms with Gasteiger partial charge in [-0.2, -0.15) is 0 Å². The Morgan fingerprint density at radius 2 is 1.97 bits per heavy atom. The van der Waals surface area contributed by atoms with Crippen LogP contribution in [0.5, 0.6) is 0 Å². The molecule has 0 aliphatic carbocycles. The van der Waals surface area contributed by atoms with Crippen LogP contribution in [0.2, 0.25) is 0 Å². The second-order valence-electron chi connectivity index (χ2n) is 7.98. The minimum Gasteiger partial charge on any atom is -0.381 e. The van der Waals surface area contributed by atoms with Crippen molar-refractivity contribution in [3.63, 3.8) is 0 Å². The Morgan fingerprint density at radius 1 is 1.24 bits per heavy atom. The molecule has 2 saturated heterocycles. The van der Waals surface area contributed by atoms with E-state index in [0.717, 1.165) is 70.2 Å². The fourth-order valence-electron chi connectivity index (χ4n) is 3.83. The van der Waals surface area contributed by atoms with Crippen LogP contribution in [-0.4, -0.2) is 87.8 Å². The van der Waals surface area contributed by atoms with Crippen LogP contribution in [0, 0.1) is 5.92 Å². The van der Waals surface area contributed by atoms with Crippen LogP contribution in [0.25, 0.3) is 0 Å². The third-order valence-corrected chi connectivity index (χ3v) is 5.87. The number of piperazine rings is 1. The first-order valence-corrected chi connectivity index (χ1v) is 10.5. The van der Waals surface area contributed by atoms with E-state index in [-0.39, 0.29) is 24.0 Å². The molecule has 0 amide bonds. The second kappa shape index (κ2) is 12.5. The zero-order valence-corrected chi connectivity index (χ0v) is 20.5. The minimum absolute atomic E-state index is 0. The Balaban J connectivity index is 0.00000300. The van der Waals surface area contributed by atoms with Gasteiger partial charge in [0, 0.05) is 72.8 Å². The second-order valence-corrected chi connectivity index (χ2v) is 7.98. The van der Waals surface area contributed by atoms with E-state index in [4.69, 9.17) is 4.74 Å². The summed E-state index contributed by atoms with van der Waals surface area (Å²) >= 11 is 0. The zero-order valence-electron chi connectivity index (χ0n) is 18.1. The monoisotopic (exact) mass is 516 g/mol. The molecule has 3 heterocycles. The van der Waals surface area contributed by atoms with Gasteiger partial charge in [-0.15, -0.1) is 24.0 Å². The minimum atomic E-state index is 0. The molecule has 1 aromatic rings. The molecule has 1 N–H and O–H groups in total. The Labute approximate surface area is 192 Å². The van der Waals surface area contributed by atoms with Crippen molar-refractivity contribution in [3.8, 4) is 0 Å². The predicted octanol–water partition coefficient (Wildman–Crippen LogP) is 2.28. The number of pyridine rings is 1. The number of likely N-dealkylation sites (N-methyl/N-ethyl adjacent to an activating group) is 1. The van der Waals surface area contributed by atoms with E-state index in [1.807, 2.05) is 13.2 Å². The van der Waals surface area contributed by atoms with E-state index >= 15 is 0 Å². The Hall–Kier alpha value is -1.13. The summed E-state index contributed by atoms with van der Waals surface area (Å²) < 4.78 is 5.45. The molecule has 2 fully saturated rings. The van der Waals surface area contributed by atoms with Gasteiger partial charge >= 0.3 is 0 Å². The first-order valence-electron chi connectivity index (χ1n) is 10.5. The molecule has 3 rings (SSSR count). The normalized spacial score (nSPS) is 19.0. The van der Waals surface area contributed by atoms with Crippen molar-refractivity contribution >= 4 is 35.8 Å². The summed E-state index contributed by atoms with van der Waals surface area (Å²) in [5.41, 5.74) is 1.18. The summed E-state index contributed by atoms with van der Waals surface area (Å²) in [6, 6.07) is 4.31. The highest BCUT2D eigenvalue weighted by molar-refractivity contribution is 14.0. The molecule has 0 spiro atoms. The molecule has 8 heteroatoms. The Kier molecular flexibility index (Phi) is 10.4. The van der Waals surface area contributed by atoms with Gasteiger partial charge in [0.05, 0.1) is 0 Å². The smallest absolute Gasteiger partial charge is 0.193 e. The maximum absolute atomic E-state index is 5.45. The van der Waals surface area contributed by atoms with Gasteiger partial charge in [0.1, 0.15) is 5.82 Å². The average Bonchev–Trinajstić information content (AvgIpc) is 2.74. The van der Waals surface area contributed by atoms with Crippen LogP contribution in [0.3, 0.4) is 0 Å². The van der Waals surface area contributed by atoms with Crippen LogP contribution in [0.4, 0.5) is 5.82 Å². The van der Waals surface area contributed by atoms with Gasteiger partial charge < -0.3 is 24.8 Å². The zero-order chi connectivity index (χ0) is 19.8. The molecule has 0 atom stereocenters. The molecule has 0 saturated carbocycles. The van der Waals surface area contributed by atoms with E-state index in [9.17, 15) is 0 Å². The number of hydrogen-bond donors (Lipinski definition) is 1. The van der Waals surface area contributed by atoms with Crippen molar-refractivity contribution in [2.45, 2.75) is 25.8 Å². The standard InChI is InChI=1S/C21H36N6O.HI/c1-22-21(26(3)9-6-18-7-14-28-15-8-18)24-17-19-4-5-20(23-16-19)27-12-10-25(2)11-13-27;/h4-5,16,18H,6-15,17H2,1-3H3,(H,22,24);1H. The lowest BCUT2D eigenvalue weighted by Gasteiger charge is -2.33. The number of nitrogens with one attached hydrogen (secondary N) is 1.